The van der Waals surface area contributed by atoms with Crippen LogP contribution in [0.25, 0.3) is 0 Å². The predicted molar refractivity (Wildman–Crippen MR) is 76.6 cm³/mol. The summed E-state index contributed by atoms with van der Waals surface area (Å²) < 4.78 is 18.8. The predicted octanol–water partition coefficient (Wildman–Crippen LogP) is 2.22. The highest BCUT2D eigenvalue weighted by atomic mass is 32.1. The minimum absolute atomic E-state index is 0.119. The number of nitrogens with two attached hydrogens (primary N) is 1. The van der Waals surface area contributed by atoms with Crippen molar-refractivity contribution in [3.63, 3.8) is 0 Å². The summed E-state index contributed by atoms with van der Waals surface area (Å²) in [5, 5.41) is 2.50. The van der Waals surface area contributed by atoms with E-state index in [4.69, 9.17) is 22.7 Å². The number of amides is 1. The van der Waals surface area contributed by atoms with Crippen LogP contribution < -0.4 is 11.1 Å². The molecule has 0 spiro atoms. The zero-order valence-electron chi connectivity index (χ0n) is 10.7. The van der Waals surface area contributed by atoms with Gasteiger partial charge in [-0.2, -0.15) is 0 Å². The molecule has 0 heterocycles. The van der Waals surface area contributed by atoms with Crippen molar-refractivity contribution in [2.24, 2.45) is 5.73 Å². The van der Waals surface area contributed by atoms with E-state index in [2.05, 4.69) is 5.32 Å². The van der Waals surface area contributed by atoms with Crippen molar-refractivity contribution >= 4 is 28.8 Å². The van der Waals surface area contributed by atoms with Crippen LogP contribution in [0.15, 0.2) is 18.2 Å². The molecular weight excluding hydrogens is 267 g/mol. The number of carbonyl (C=O) groups excluding carboxylic acids is 1. The monoisotopic (exact) mass is 284 g/mol. The van der Waals surface area contributed by atoms with Gasteiger partial charge in [-0.15, -0.1) is 0 Å². The largest absolute Gasteiger partial charge is 0.389 e. The molecule has 104 valence electrons. The van der Waals surface area contributed by atoms with Gasteiger partial charge in [0.25, 0.3) is 0 Å². The van der Waals surface area contributed by atoms with Gasteiger partial charge in [0.05, 0.1) is 5.69 Å². The van der Waals surface area contributed by atoms with Crippen LogP contribution in [-0.2, 0) is 9.53 Å². The molecule has 1 aromatic carbocycles. The van der Waals surface area contributed by atoms with Gasteiger partial charge in [0.1, 0.15) is 10.8 Å². The molecule has 0 unspecified atom stereocenters. The maximum absolute atomic E-state index is 13.7. The van der Waals surface area contributed by atoms with E-state index < -0.39 is 5.82 Å². The van der Waals surface area contributed by atoms with Gasteiger partial charge in [-0.25, -0.2) is 4.39 Å². The van der Waals surface area contributed by atoms with Gasteiger partial charge in [-0.05, 0) is 31.5 Å². The number of hydrogen-bond donors (Lipinski definition) is 2. The lowest BCUT2D eigenvalue weighted by Gasteiger charge is -2.08. The summed E-state index contributed by atoms with van der Waals surface area (Å²) in [6, 6.07) is 4.23. The molecule has 0 aliphatic carbocycles. The number of benzene rings is 1. The highest BCUT2D eigenvalue weighted by Crippen LogP contribution is 2.16. The maximum Gasteiger partial charge on any atom is 0.224 e. The minimum atomic E-state index is -0.552. The summed E-state index contributed by atoms with van der Waals surface area (Å²) in [7, 11) is 0. The lowest BCUT2D eigenvalue weighted by Crippen LogP contribution is -2.14. The first-order valence-electron chi connectivity index (χ1n) is 6.01. The fraction of sp³-hybridized carbons (Fsp3) is 0.385. The highest BCUT2D eigenvalue weighted by molar-refractivity contribution is 7.80. The van der Waals surface area contributed by atoms with Gasteiger partial charge in [0, 0.05) is 25.2 Å². The molecule has 0 bridgehead atoms. The maximum atomic E-state index is 13.7. The normalized spacial score (nSPS) is 10.2. The Balaban J connectivity index is 2.52. The van der Waals surface area contributed by atoms with E-state index >= 15 is 0 Å². The number of nitrogens with one attached hydrogen (secondary N) is 1. The second-order valence-corrected chi connectivity index (χ2v) is 4.35. The minimum Gasteiger partial charge on any atom is -0.389 e. The molecule has 1 rings (SSSR count). The summed E-state index contributed by atoms with van der Waals surface area (Å²) in [5.74, 6) is -0.801. The summed E-state index contributed by atoms with van der Waals surface area (Å²) in [6.07, 6.45) is 0.892. The number of hydrogen-bond acceptors (Lipinski definition) is 3. The number of thiocarbonyl (C=S) groups is 1. The fourth-order valence-corrected chi connectivity index (χ4v) is 1.59. The number of ether oxygens (including phenoxy) is 1. The zero-order valence-corrected chi connectivity index (χ0v) is 11.6. The molecule has 0 atom stereocenters. The van der Waals surface area contributed by atoms with E-state index in [9.17, 15) is 9.18 Å². The van der Waals surface area contributed by atoms with Crippen LogP contribution in [0.2, 0.25) is 0 Å². The third kappa shape index (κ3) is 5.32. The van der Waals surface area contributed by atoms with E-state index in [0.29, 0.717) is 25.2 Å². The molecule has 0 fully saturated rings. The average Bonchev–Trinajstić information content (AvgIpc) is 2.37. The first-order chi connectivity index (χ1) is 9.04. The van der Waals surface area contributed by atoms with Gasteiger partial charge in [-0.1, -0.05) is 12.2 Å². The van der Waals surface area contributed by atoms with Gasteiger partial charge in [0.2, 0.25) is 5.91 Å². The number of carbonyl (C=O) groups is 1. The molecule has 0 radical (unpaired) electrons. The molecule has 4 nitrogen and oxygen atoms in total. The third-order valence-electron chi connectivity index (χ3n) is 2.42. The van der Waals surface area contributed by atoms with Crippen molar-refractivity contribution in [1.29, 1.82) is 0 Å². The van der Waals surface area contributed by atoms with Crippen molar-refractivity contribution < 1.29 is 13.9 Å². The fourth-order valence-electron chi connectivity index (χ4n) is 1.46. The van der Waals surface area contributed by atoms with Crippen LogP contribution in [0.4, 0.5) is 10.1 Å². The summed E-state index contributed by atoms with van der Waals surface area (Å²) >= 11 is 4.74. The average molecular weight is 284 g/mol. The second kappa shape index (κ2) is 7.81. The third-order valence-corrected chi connectivity index (χ3v) is 2.66. The van der Waals surface area contributed by atoms with E-state index in [1.807, 2.05) is 6.92 Å². The van der Waals surface area contributed by atoms with Gasteiger partial charge < -0.3 is 15.8 Å². The highest BCUT2D eigenvalue weighted by Gasteiger charge is 2.08. The molecule has 3 N–H and O–H groups in total. The topological polar surface area (TPSA) is 64.3 Å². The lowest BCUT2D eigenvalue weighted by atomic mass is 10.2. The van der Waals surface area contributed by atoms with Crippen LogP contribution >= 0.6 is 12.2 Å². The summed E-state index contributed by atoms with van der Waals surface area (Å²) in [4.78, 5) is 11.7. The molecule has 6 heteroatoms. The Morgan fingerprint density at radius 2 is 2.26 bits per heavy atom. The first kappa shape index (κ1) is 15.5. The van der Waals surface area contributed by atoms with E-state index in [1.165, 1.54) is 12.1 Å². The Bertz CT molecular complexity index is 466. The van der Waals surface area contributed by atoms with Crippen molar-refractivity contribution in [3.8, 4) is 0 Å². The SMILES string of the molecule is CCOCCCC(=O)Nc1ccc(C(N)=S)cc1F. The lowest BCUT2D eigenvalue weighted by molar-refractivity contribution is -0.116. The quantitative estimate of drug-likeness (QED) is 0.595. The molecule has 0 aromatic heterocycles. The van der Waals surface area contributed by atoms with Gasteiger partial charge in [0.15, 0.2) is 0 Å². The molecule has 0 aliphatic rings. The van der Waals surface area contributed by atoms with E-state index in [0.717, 1.165) is 0 Å². The van der Waals surface area contributed by atoms with Crippen LogP contribution in [0, 0.1) is 5.82 Å². The van der Waals surface area contributed by atoms with Crippen LogP contribution in [-0.4, -0.2) is 24.1 Å². The van der Waals surface area contributed by atoms with Gasteiger partial charge in [-0.3, -0.25) is 4.79 Å². The van der Waals surface area contributed by atoms with Crippen LogP contribution in [0.5, 0.6) is 0 Å². The Morgan fingerprint density at radius 1 is 1.53 bits per heavy atom. The molecule has 0 saturated heterocycles. The first-order valence-corrected chi connectivity index (χ1v) is 6.42. The second-order valence-electron chi connectivity index (χ2n) is 3.91. The molecule has 1 amide bonds. The van der Waals surface area contributed by atoms with Crippen molar-refractivity contribution in [3.05, 3.63) is 29.6 Å². The van der Waals surface area contributed by atoms with Crippen LogP contribution in [0.1, 0.15) is 25.3 Å². The Labute approximate surface area is 117 Å². The number of halogens is 1. The standard InChI is InChI=1S/C13H17FN2O2S/c1-2-18-7-3-4-12(17)16-11-6-5-9(13(15)19)8-10(11)14/h5-6,8H,2-4,7H2,1H3,(H2,15,19)(H,16,17). The van der Waals surface area contributed by atoms with Crippen LogP contribution in [0.3, 0.4) is 0 Å². The molecule has 0 saturated carbocycles. The van der Waals surface area contributed by atoms with Gasteiger partial charge >= 0.3 is 0 Å². The number of rotatable bonds is 7. The summed E-state index contributed by atoms with van der Waals surface area (Å²) in [5.41, 5.74) is 5.95. The summed E-state index contributed by atoms with van der Waals surface area (Å²) in [6.45, 7) is 3.03. The Hall–Kier alpha value is -1.53. The zero-order chi connectivity index (χ0) is 14.3. The van der Waals surface area contributed by atoms with Crippen molar-refractivity contribution in [2.75, 3.05) is 18.5 Å². The van der Waals surface area contributed by atoms with Crippen molar-refractivity contribution in [1.82, 2.24) is 0 Å². The molecular formula is C13H17FN2O2S. The van der Waals surface area contributed by atoms with E-state index in [1.54, 1.807) is 6.07 Å². The Morgan fingerprint density at radius 3 is 2.84 bits per heavy atom. The molecule has 1 aromatic rings. The van der Waals surface area contributed by atoms with Crippen molar-refractivity contribution in [2.45, 2.75) is 19.8 Å². The number of anilines is 1. The van der Waals surface area contributed by atoms with E-state index in [-0.39, 0.29) is 23.0 Å². The molecule has 0 aliphatic heterocycles. The molecule has 19 heavy (non-hydrogen) atoms. The smallest absolute Gasteiger partial charge is 0.224 e. The Kier molecular flexibility index (Phi) is 6.38.